The number of pyridine rings is 2. The molecular formula is C34H23BrN4. The van der Waals surface area contributed by atoms with Crippen molar-refractivity contribution in [3.05, 3.63) is 144 Å². The maximum atomic E-state index is 4.50. The minimum atomic E-state index is 0.945. The van der Waals surface area contributed by atoms with E-state index in [9.17, 15) is 0 Å². The highest BCUT2D eigenvalue weighted by Gasteiger charge is 2.13. The molecular weight excluding hydrogens is 544 g/mol. The van der Waals surface area contributed by atoms with E-state index in [1.165, 1.54) is 43.6 Å². The van der Waals surface area contributed by atoms with Gasteiger partial charge in [-0.25, -0.2) is 9.97 Å². The number of nitrogens with zero attached hydrogens (tertiary/aromatic N) is 4. The molecule has 0 atom stereocenters. The molecule has 4 aromatic carbocycles. The summed E-state index contributed by atoms with van der Waals surface area (Å²) >= 11 is 3.56. The van der Waals surface area contributed by atoms with Crippen molar-refractivity contribution in [2.45, 2.75) is 0 Å². The molecule has 0 amide bonds. The molecule has 0 unspecified atom stereocenters. The summed E-state index contributed by atoms with van der Waals surface area (Å²) in [4.78, 5) is 8.98. The van der Waals surface area contributed by atoms with E-state index in [1.807, 2.05) is 48.8 Å². The van der Waals surface area contributed by atoms with E-state index in [1.54, 1.807) is 0 Å². The topological polar surface area (TPSA) is 35.6 Å². The fraction of sp³-hybridized carbons (Fsp3) is 0. The van der Waals surface area contributed by atoms with Gasteiger partial charge in [0.05, 0.1) is 22.1 Å². The highest BCUT2D eigenvalue weighted by Crippen LogP contribution is 2.33. The van der Waals surface area contributed by atoms with Crippen LogP contribution in [0.15, 0.2) is 144 Å². The predicted molar refractivity (Wildman–Crippen MR) is 165 cm³/mol. The van der Waals surface area contributed by atoms with Gasteiger partial charge in [0.15, 0.2) is 0 Å². The SMILES string of the molecule is Brc1ccc2c(c1)c1ccccc1n2-c1ccccn1.c1ccc(-n2c3ccccc3c3ccccc32)nc1. The molecule has 0 bridgehead atoms. The zero-order valence-electron chi connectivity index (χ0n) is 20.9. The number of rotatable bonds is 2. The monoisotopic (exact) mass is 566 g/mol. The summed E-state index contributed by atoms with van der Waals surface area (Å²) in [5.41, 5.74) is 4.75. The molecule has 0 fully saturated rings. The fourth-order valence-corrected chi connectivity index (χ4v) is 5.69. The molecule has 0 N–H and O–H groups in total. The second kappa shape index (κ2) is 9.86. The summed E-state index contributed by atoms with van der Waals surface area (Å²) < 4.78 is 5.51. The van der Waals surface area contributed by atoms with Gasteiger partial charge in [0.1, 0.15) is 11.6 Å². The van der Waals surface area contributed by atoms with E-state index in [2.05, 4.69) is 126 Å². The lowest BCUT2D eigenvalue weighted by Gasteiger charge is -2.05. The molecule has 4 aromatic heterocycles. The Morgan fingerprint density at radius 1 is 0.410 bits per heavy atom. The molecule has 186 valence electrons. The van der Waals surface area contributed by atoms with Crippen LogP contribution in [0.25, 0.3) is 55.2 Å². The van der Waals surface area contributed by atoms with Gasteiger partial charge < -0.3 is 0 Å². The third-order valence-corrected chi connectivity index (χ3v) is 7.46. The molecule has 0 saturated carbocycles. The van der Waals surface area contributed by atoms with Crippen molar-refractivity contribution in [3.8, 4) is 11.6 Å². The molecule has 4 heterocycles. The van der Waals surface area contributed by atoms with Crippen molar-refractivity contribution in [1.82, 2.24) is 19.1 Å². The molecule has 0 radical (unpaired) electrons. The average molecular weight is 567 g/mol. The van der Waals surface area contributed by atoms with Crippen molar-refractivity contribution in [1.29, 1.82) is 0 Å². The van der Waals surface area contributed by atoms with Crippen LogP contribution in [0.5, 0.6) is 0 Å². The largest absolute Gasteiger partial charge is 0.294 e. The quantitative estimate of drug-likeness (QED) is 0.209. The molecule has 0 spiro atoms. The van der Waals surface area contributed by atoms with E-state index >= 15 is 0 Å². The van der Waals surface area contributed by atoms with E-state index < -0.39 is 0 Å². The number of benzene rings is 4. The van der Waals surface area contributed by atoms with Crippen LogP contribution in [-0.2, 0) is 0 Å². The zero-order valence-corrected chi connectivity index (χ0v) is 22.5. The third-order valence-electron chi connectivity index (χ3n) is 6.97. The van der Waals surface area contributed by atoms with Crippen LogP contribution in [0.3, 0.4) is 0 Å². The van der Waals surface area contributed by atoms with Gasteiger partial charge in [0.25, 0.3) is 0 Å². The smallest absolute Gasteiger partial charge is 0.137 e. The predicted octanol–water partition coefficient (Wildman–Crippen LogP) is 9.12. The van der Waals surface area contributed by atoms with Gasteiger partial charge in [0, 0.05) is 38.4 Å². The first-order valence-corrected chi connectivity index (χ1v) is 13.6. The normalized spacial score (nSPS) is 11.2. The van der Waals surface area contributed by atoms with Gasteiger partial charge in [0.2, 0.25) is 0 Å². The molecule has 39 heavy (non-hydrogen) atoms. The van der Waals surface area contributed by atoms with Gasteiger partial charge in [-0.1, -0.05) is 82.7 Å². The highest BCUT2D eigenvalue weighted by molar-refractivity contribution is 9.10. The number of fused-ring (bicyclic) bond motifs is 6. The fourth-order valence-electron chi connectivity index (χ4n) is 5.33. The lowest BCUT2D eigenvalue weighted by atomic mass is 10.2. The zero-order chi connectivity index (χ0) is 26.2. The van der Waals surface area contributed by atoms with Gasteiger partial charge >= 0.3 is 0 Å². The van der Waals surface area contributed by atoms with Crippen LogP contribution in [-0.4, -0.2) is 19.1 Å². The Kier molecular flexibility index (Phi) is 5.91. The number of halogens is 1. The van der Waals surface area contributed by atoms with Crippen LogP contribution in [0.2, 0.25) is 0 Å². The van der Waals surface area contributed by atoms with Crippen LogP contribution in [0.4, 0.5) is 0 Å². The molecule has 0 saturated heterocycles. The van der Waals surface area contributed by atoms with E-state index in [0.717, 1.165) is 16.1 Å². The maximum Gasteiger partial charge on any atom is 0.137 e. The maximum absolute atomic E-state index is 4.50. The molecule has 0 aliphatic heterocycles. The molecule has 8 aromatic rings. The van der Waals surface area contributed by atoms with Crippen molar-refractivity contribution < 1.29 is 0 Å². The van der Waals surface area contributed by atoms with Gasteiger partial charge in [-0.15, -0.1) is 0 Å². The van der Waals surface area contributed by atoms with Crippen LogP contribution in [0, 0.1) is 0 Å². The van der Waals surface area contributed by atoms with E-state index in [-0.39, 0.29) is 0 Å². The molecule has 5 heteroatoms. The summed E-state index contributed by atoms with van der Waals surface area (Å²) in [5, 5.41) is 5.02. The first-order valence-electron chi connectivity index (χ1n) is 12.8. The number of aromatic nitrogens is 4. The Hall–Kier alpha value is -4.74. The third kappa shape index (κ3) is 4.08. The second-order valence-electron chi connectivity index (χ2n) is 9.26. The minimum absolute atomic E-state index is 0.945. The van der Waals surface area contributed by atoms with Gasteiger partial charge in [-0.05, 0) is 60.7 Å². The average Bonchev–Trinajstić information content (AvgIpc) is 3.51. The second-order valence-corrected chi connectivity index (χ2v) is 10.2. The van der Waals surface area contributed by atoms with Crippen molar-refractivity contribution in [2.24, 2.45) is 0 Å². The molecule has 0 aliphatic rings. The van der Waals surface area contributed by atoms with Crippen LogP contribution in [0.1, 0.15) is 0 Å². The number of hydrogen-bond acceptors (Lipinski definition) is 2. The highest BCUT2D eigenvalue weighted by atomic mass is 79.9. The Morgan fingerprint density at radius 2 is 0.821 bits per heavy atom. The van der Waals surface area contributed by atoms with Crippen molar-refractivity contribution >= 4 is 59.5 Å². The first-order chi connectivity index (χ1) is 19.3. The van der Waals surface area contributed by atoms with Crippen molar-refractivity contribution in [3.63, 3.8) is 0 Å². The minimum Gasteiger partial charge on any atom is -0.294 e. The summed E-state index contributed by atoms with van der Waals surface area (Å²) in [5.74, 6) is 1.90. The Labute approximate surface area is 233 Å². The summed E-state index contributed by atoms with van der Waals surface area (Å²) in [7, 11) is 0. The number of hydrogen-bond donors (Lipinski definition) is 0. The van der Waals surface area contributed by atoms with Gasteiger partial charge in [-0.3, -0.25) is 9.13 Å². The Balaban J connectivity index is 0.000000130. The van der Waals surface area contributed by atoms with E-state index in [0.29, 0.717) is 0 Å². The van der Waals surface area contributed by atoms with Crippen LogP contribution >= 0.6 is 15.9 Å². The Morgan fingerprint density at radius 3 is 1.28 bits per heavy atom. The number of para-hydroxylation sites is 3. The molecule has 0 aliphatic carbocycles. The van der Waals surface area contributed by atoms with Crippen molar-refractivity contribution in [2.75, 3.05) is 0 Å². The molecule has 8 rings (SSSR count). The lowest BCUT2D eigenvalue weighted by Crippen LogP contribution is -1.95. The van der Waals surface area contributed by atoms with Gasteiger partial charge in [-0.2, -0.15) is 0 Å². The summed E-state index contributed by atoms with van der Waals surface area (Å²) in [6, 6.07) is 43.7. The lowest BCUT2D eigenvalue weighted by molar-refractivity contribution is 1.08. The first kappa shape index (κ1) is 23.4. The van der Waals surface area contributed by atoms with E-state index in [4.69, 9.17) is 0 Å². The summed E-state index contributed by atoms with van der Waals surface area (Å²) in [6.07, 6.45) is 3.66. The molecule has 4 nitrogen and oxygen atoms in total. The Bertz CT molecular complexity index is 2020. The summed E-state index contributed by atoms with van der Waals surface area (Å²) in [6.45, 7) is 0. The van der Waals surface area contributed by atoms with Crippen LogP contribution < -0.4 is 0 Å². The standard InChI is InChI=1S/C17H11BrN2.C17H12N2/c18-12-8-9-16-14(11-12)13-5-1-2-6-15(13)20(16)17-7-3-4-10-19-17;1-3-9-15-13(7-1)14-8-2-4-10-16(14)19(15)17-11-5-6-12-18-17/h1-11H;1-12H.